The number of carbonyl (C=O) groups is 1. The molecule has 0 radical (unpaired) electrons. The number of aromatic amines is 1. The van der Waals surface area contributed by atoms with Crippen molar-refractivity contribution in [2.45, 2.75) is 38.5 Å². The van der Waals surface area contributed by atoms with E-state index in [-0.39, 0.29) is 17.2 Å². The van der Waals surface area contributed by atoms with Gasteiger partial charge in [-0.1, -0.05) is 38.5 Å². The van der Waals surface area contributed by atoms with Gasteiger partial charge in [-0.3, -0.25) is 4.79 Å². The van der Waals surface area contributed by atoms with E-state index in [1.807, 2.05) is 6.07 Å². The van der Waals surface area contributed by atoms with Gasteiger partial charge in [-0.15, -0.1) is 0 Å². The maximum atomic E-state index is 12.0. The molecule has 1 aliphatic carbocycles. The summed E-state index contributed by atoms with van der Waals surface area (Å²) in [5.74, 6) is 0.484. The van der Waals surface area contributed by atoms with Crippen molar-refractivity contribution in [3.05, 3.63) is 36.0 Å². The molecule has 20 heavy (non-hydrogen) atoms. The van der Waals surface area contributed by atoms with Crippen LogP contribution < -0.4 is 5.32 Å². The Bertz CT molecular complexity index is 623. The second-order valence-corrected chi connectivity index (χ2v) is 6.48. The van der Waals surface area contributed by atoms with E-state index in [1.165, 1.54) is 17.4 Å². The zero-order valence-electron chi connectivity index (χ0n) is 12.2. The second kappa shape index (κ2) is 4.97. The highest BCUT2D eigenvalue weighted by Gasteiger charge is 2.28. The molecule has 1 aliphatic rings. The van der Waals surface area contributed by atoms with Crippen molar-refractivity contribution in [2.24, 2.45) is 5.92 Å². The summed E-state index contributed by atoms with van der Waals surface area (Å²) in [6.45, 7) is 5.05. The molecule has 3 nitrogen and oxygen atoms in total. The molecule has 1 heterocycles. The van der Waals surface area contributed by atoms with Gasteiger partial charge < -0.3 is 10.3 Å². The zero-order chi connectivity index (χ0) is 14.2. The largest absolute Gasteiger partial charge is 0.361 e. The summed E-state index contributed by atoms with van der Waals surface area (Å²) in [6.07, 6.45) is 5.38. The maximum absolute atomic E-state index is 12.0. The topological polar surface area (TPSA) is 44.9 Å². The highest BCUT2D eigenvalue weighted by molar-refractivity contribution is 5.84. The van der Waals surface area contributed by atoms with Gasteiger partial charge in [-0.2, -0.15) is 0 Å². The number of hydrogen-bond donors (Lipinski definition) is 2. The van der Waals surface area contributed by atoms with Crippen LogP contribution in [-0.2, 0) is 10.2 Å². The highest BCUT2D eigenvalue weighted by Crippen LogP contribution is 2.31. The van der Waals surface area contributed by atoms with Gasteiger partial charge in [0.05, 0.1) is 0 Å². The van der Waals surface area contributed by atoms with Crippen LogP contribution in [0.5, 0.6) is 0 Å². The molecule has 1 fully saturated rings. The molecule has 0 bridgehead atoms. The van der Waals surface area contributed by atoms with Crippen molar-refractivity contribution >= 4 is 16.8 Å². The van der Waals surface area contributed by atoms with Gasteiger partial charge in [0, 0.05) is 35.0 Å². The summed E-state index contributed by atoms with van der Waals surface area (Å²) >= 11 is 0. The van der Waals surface area contributed by atoms with Crippen molar-refractivity contribution in [3.8, 4) is 0 Å². The van der Waals surface area contributed by atoms with Gasteiger partial charge in [-0.25, -0.2) is 0 Å². The predicted octanol–water partition coefficient (Wildman–Crippen LogP) is 3.36. The van der Waals surface area contributed by atoms with Crippen molar-refractivity contribution in [2.75, 3.05) is 6.54 Å². The van der Waals surface area contributed by atoms with Gasteiger partial charge in [-0.05, 0) is 24.5 Å². The van der Waals surface area contributed by atoms with Crippen molar-refractivity contribution in [3.63, 3.8) is 0 Å². The molecular formula is C17H22N2O. The molecule has 106 valence electrons. The molecule has 0 atom stereocenters. The Morgan fingerprint density at radius 1 is 1.35 bits per heavy atom. The van der Waals surface area contributed by atoms with Gasteiger partial charge in [0.1, 0.15) is 0 Å². The minimum atomic E-state index is -0.0704. The summed E-state index contributed by atoms with van der Waals surface area (Å²) in [5, 5.41) is 4.37. The number of rotatable bonds is 4. The van der Waals surface area contributed by atoms with Crippen LogP contribution in [0, 0.1) is 5.92 Å². The van der Waals surface area contributed by atoms with E-state index in [4.69, 9.17) is 0 Å². The fraction of sp³-hybridized carbons (Fsp3) is 0.471. The number of para-hydroxylation sites is 1. The van der Waals surface area contributed by atoms with Crippen LogP contribution >= 0.6 is 0 Å². The Morgan fingerprint density at radius 2 is 2.10 bits per heavy atom. The van der Waals surface area contributed by atoms with E-state index in [1.54, 1.807) is 0 Å². The molecule has 1 aromatic carbocycles. The summed E-state index contributed by atoms with van der Waals surface area (Å²) in [7, 11) is 0. The Labute approximate surface area is 119 Å². The molecule has 1 aromatic heterocycles. The minimum absolute atomic E-state index is 0.0704. The normalized spacial score (nSPS) is 16.1. The van der Waals surface area contributed by atoms with Gasteiger partial charge >= 0.3 is 0 Å². The van der Waals surface area contributed by atoms with Crippen molar-refractivity contribution in [1.29, 1.82) is 0 Å². The van der Waals surface area contributed by atoms with Gasteiger partial charge in [0.2, 0.25) is 5.91 Å². The number of benzene rings is 1. The third-order valence-corrected chi connectivity index (χ3v) is 4.50. The molecule has 1 saturated carbocycles. The summed E-state index contributed by atoms with van der Waals surface area (Å²) in [4.78, 5) is 15.3. The van der Waals surface area contributed by atoms with Crippen molar-refractivity contribution < 1.29 is 4.79 Å². The minimum Gasteiger partial charge on any atom is -0.361 e. The first-order valence-electron chi connectivity index (χ1n) is 7.42. The zero-order valence-corrected chi connectivity index (χ0v) is 12.2. The number of aromatic nitrogens is 1. The lowest BCUT2D eigenvalue weighted by molar-refractivity contribution is -0.127. The van der Waals surface area contributed by atoms with Crippen LogP contribution in [0.3, 0.4) is 0 Å². The fourth-order valence-electron chi connectivity index (χ4n) is 2.85. The number of H-pyrrole nitrogens is 1. The molecule has 0 saturated heterocycles. The number of carbonyl (C=O) groups excluding carboxylic acids is 1. The van der Waals surface area contributed by atoms with Crippen LogP contribution in [0.15, 0.2) is 30.5 Å². The Morgan fingerprint density at radius 3 is 2.80 bits per heavy atom. The third kappa shape index (κ3) is 2.33. The van der Waals surface area contributed by atoms with Crippen LogP contribution in [0.4, 0.5) is 0 Å². The monoisotopic (exact) mass is 270 g/mol. The van der Waals surface area contributed by atoms with E-state index >= 15 is 0 Å². The lowest BCUT2D eigenvalue weighted by Gasteiger charge is -2.29. The predicted molar refractivity (Wildman–Crippen MR) is 81.7 cm³/mol. The number of hydrogen-bond acceptors (Lipinski definition) is 1. The molecule has 3 rings (SSSR count). The second-order valence-electron chi connectivity index (χ2n) is 6.48. The average molecular weight is 270 g/mol. The van der Waals surface area contributed by atoms with Crippen molar-refractivity contribution in [1.82, 2.24) is 10.3 Å². The smallest absolute Gasteiger partial charge is 0.223 e. The van der Waals surface area contributed by atoms with Crippen LogP contribution in [0.25, 0.3) is 10.9 Å². The van der Waals surface area contributed by atoms with Crippen LogP contribution in [0.1, 0.15) is 38.7 Å². The van der Waals surface area contributed by atoms with Gasteiger partial charge in [0.25, 0.3) is 0 Å². The lowest BCUT2D eigenvalue weighted by atomic mass is 9.82. The molecule has 1 amide bonds. The maximum Gasteiger partial charge on any atom is 0.223 e. The number of fused-ring (bicyclic) bond motifs is 1. The molecule has 2 aromatic rings. The standard InChI is InChI=1S/C17H22N2O/c1-17(2,11-19-16(20)12-6-5-7-12)14-10-18-15-9-4-3-8-13(14)15/h3-4,8-10,12,18H,5-7,11H2,1-2H3,(H,19,20). The fourth-order valence-corrected chi connectivity index (χ4v) is 2.85. The summed E-state index contributed by atoms with van der Waals surface area (Å²) in [6, 6.07) is 8.31. The number of amides is 1. The Kier molecular flexibility index (Phi) is 3.28. The first kappa shape index (κ1) is 13.2. The summed E-state index contributed by atoms with van der Waals surface area (Å²) in [5.41, 5.74) is 2.35. The SMILES string of the molecule is CC(C)(CNC(=O)C1CCC1)c1c[nH]c2ccccc12. The van der Waals surface area contributed by atoms with E-state index in [0.717, 1.165) is 18.4 Å². The summed E-state index contributed by atoms with van der Waals surface area (Å²) < 4.78 is 0. The Balaban J connectivity index is 1.75. The van der Waals surface area contributed by atoms with E-state index in [0.29, 0.717) is 6.54 Å². The highest BCUT2D eigenvalue weighted by atomic mass is 16.1. The quantitative estimate of drug-likeness (QED) is 0.879. The van der Waals surface area contributed by atoms with Crippen LogP contribution in [0.2, 0.25) is 0 Å². The van der Waals surface area contributed by atoms with E-state index in [9.17, 15) is 4.79 Å². The van der Waals surface area contributed by atoms with E-state index < -0.39 is 0 Å². The molecule has 3 heteroatoms. The van der Waals surface area contributed by atoms with Gasteiger partial charge in [0.15, 0.2) is 0 Å². The molecular weight excluding hydrogens is 248 g/mol. The molecule has 0 unspecified atom stereocenters. The molecule has 0 spiro atoms. The Hall–Kier alpha value is -1.77. The first-order valence-corrected chi connectivity index (χ1v) is 7.42. The van der Waals surface area contributed by atoms with Crippen LogP contribution in [-0.4, -0.2) is 17.4 Å². The number of nitrogens with one attached hydrogen (secondary N) is 2. The third-order valence-electron chi connectivity index (χ3n) is 4.50. The lowest BCUT2D eigenvalue weighted by Crippen LogP contribution is -2.41. The molecule has 2 N–H and O–H groups in total. The van der Waals surface area contributed by atoms with E-state index in [2.05, 4.69) is 48.5 Å². The first-order chi connectivity index (χ1) is 9.58. The average Bonchev–Trinajstić information content (AvgIpc) is 2.79. The molecule has 0 aliphatic heterocycles.